The van der Waals surface area contributed by atoms with Crippen molar-refractivity contribution in [3.8, 4) is 11.5 Å². The highest BCUT2D eigenvalue weighted by molar-refractivity contribution is 5.86. The quantitative estimate of drug-likeness (QED) is 0.276. The molecule has 2 atom stereocenters. The second-order valence-electron chi connectivity index (χ2n) is 17.7. The van der Waals surface area contributed by atoms with Gasteiger partial charge in [0.05, 0.1) is 12.1 Å². The van der Waals surface area contributed by atoms with Gasteiger partial charge in [0, 0.05) is 61.8 Å². The number of nitrogens with zero attached hydrogens (tertiary/aromatic N) is 5. The number of hydrogen-bond acceptors (Lipinski definition) is 7. The van der Waals surface area contributed by atoms with E-state index < -0.39 is 0 Å². The Bertz CT molecular complexity index is 1550. The molecule has 2 heterocycles. The van der Waals surface area contributed by atoms with Crippen LogP contribution in [0.15, 0.2) is 39.2 Å². The predicted molar refractivity (Wildman–Crippen MR) is 207 cm³/mol. The Labute approximate surface area is 296 Å². The molecule has 0 amide bonds. The van der Waals surface area contributed by atoms with Crippen molar-refractivity contribution in [2.75, 3.05) is 32.7 Å². The Hall–Kier alpha value is -3.35. The summed E-state index contributed by atoms with van der Waals surface area (Å²) in [7, 11) is 0. The van der Waals surface area contributed by atoms with Crippen LogP contribution in [0, 0.1) is 0 Å². The van der Waals surface area contributed by atoms with Gasteiger partial charge in [0.25, 0.3) is 0 Å². The highest BCUT2D eigenvalue weighted by Crippen LogP contribution is 2.38. The van der Waals surface area contributed by atoms with E-state index in [0.29, 0.717) is 11.5 Å². The van der Waals surface area contributed by atoms with Crippen LogP contribution >= 0.6 is 0 Å². The molecule has 7 nitrogen and oxygen atoms in total. The summed E-state index contributed by atoms with van der Waals surface area (Å²) in [5.41, 5.74) is 5.64. The van der Waals surface area contributed by atoms with Crippen LogP contribution < -0.4 is 0 Å². The van der Waals surface area contributed by atoms with Gasteiger partial charge in [-0.25, -0.2) is 0 Å². The highest BCUT2D eigenvalue weighted by atomic mass is 16.3. The first-order valence-corrected chi connectivity index (χ1v) is 18.9. The number of aliphatic imine (C=N–C) groups is 3. The Balaban J connectivity index is 1.36. The van der Waals surface area contributed by atoms with E-state index in [-0.39, 0.29) is 28.3 Å². The fourth-order valence-electron chi connectivity index (χ4n) is 7.37. The zero-order chi connectivity index (χ0) is 35.6. The standard InChI is InChI=1S/C42H63N5O2/c1-40(2,3)32-23-29(15-12-19-46-21-14-22-47-20-13-18-43-39(46)47)37(48)30(24-32)27-44-35-16-10-11-17-36(35)45-28-31-25-33(41(4,5)6)26-34(38(31)49)42(7,8)9/h23-28,35-36,48-49H,10-22H2,1-9H3/b44-27+,45-28+/t35-,36-/m0/s1. The summed E-state index contributed by atoms with van der Waals surface area (Å²) in [6.45, 7) is 24.9. The van der Waals surface area contributed by atoms with E-state index in [1.165, 1.54) is 23.5 Å². The fourth-order valence-corrected chi connectivity index (χ4v) is 7.37. The van der Waals surface area contributed by atoms with Crippen molar-refractivity contribution in [2.24, 2.45) is 15.0 Å². The molecule has 0 unspecified atom stereocenters. The lowest BCUT2D eigenvalue weighted by atomic mass is 9.79. The third-order valence-corrected chi connectivity index (χ3v) is 10.5. The average molecular weight is 670 g/mol. The molecule has 2 aliphatic heterocycles. The number of phenols is 2. The molecule has 5 rings (SSSR count). The summed E-state index contributed by atoms with van der Waals surface area (Å²) in [5.74, 6) is 1.84. The van der Waals surface area contributed by atoms with Crippen molar-refractivity contribution in [3.05, 3.63) is 57.6 Å². The lowest BCUT2D eigenvalue weighted by Crippen LogP contribution is -2.52. The van der Waals surface area contributed by atoms with Gasteiger partial charge in [-0.1, -0.05) is 87.3 Å². The van der Waals surface area contributed by atoms with Gasteiger partial charge in [0.2, 0.25) is 0 Å². The molecule has 2 aromatic carbocycles. The molecule has 1 aliphatic carbocycles. The van der Waals surface area contributed by atoms with Crippen LogP contribution in [0.5, 0.6) is 11.5 Å². The summed E-state index contributed by atoms with van der Waals surface area (Å²) < 4.78 is 0. The number of hydrogen-bond donors (Lipinski definition) is 2. The number of rotatable bonds is 8. The minimum Gasteiger partial charge on any atom is -0.507 e. The van der Waals surface area contributed by atoms with E-state index in [2.05, 4.69) is 96.4 Å². The van der Waals surface area contributed by atoms with Gasteiger partial charge in [-0.05, 0) is 83.6 Å². The van der Waals surface area contributed by atoms with E-state index in [1.54, 1.807) is 0 Å². The third kappa shape index (κ3) is 9.07. The number of phenolic OH excluding ortho intramolecular Hbond substituents is 2. The summed E-state index contributed by atoms with van der Waals surface area (Å²) >= 11 is 0. The summed E-state index contributed by atoms with van der Waals surface area (Å²) in [6.07, 6.45) is 12.0. The van der Waals surface area contributed by atoms with E-state index in [4.69, 9.17) is 15.0 Å². The van der Waals surface area contributed by atoms with Crippen LogP contribution in [0.2, 0.25) is 0 Å². The molecular formula is C42H63N5O2. The van der Waals surface area contributed by atoms with E-state index in [1.807, 2.05) is 12.4 Å². The normalized spacial score (nSPS) is 21.0. The van der Waals surface area contributed by atoms with Gasteiger partial charge in [-0.3, -0.25) is 15.0 Å². The maximum Gasteiger partial charge on any atom is 0.196 e. The van der Waals surface area contributed by atoms with Crippen molar-refractivity contribution in [3.63, 3.8) is 0 Å². The SMILES string of the molecule is CC(C)(C)c1cc(/C=N/[C@H]2CCCC[C@@H]2/N=C/c2cc(C(C)(C)C)cc(C(C)(C)C)c2O)c(O)c(CCCN2CCCN3CCCN=C32)c1. The van der Waals surface area contributed by atoms with E-state index >= 15 is 0 Å². The Kier molecular flexibility index (Phi) is 11.2. The second kappa shape index (κ2) is 14.9. The third-order valence-electron chi connectivity index (χ3n) is 10.5. The van der Waals surface area contributed by atoms with Crippen LogP contribution in [0.3, 0.4) is 0 Å². The van der Waals surface area contributed by atoms with Crippen LogP contribution in [0.1, 0.15) is 141 Å². The van der Waals surface area contributed by atoms with Gasteiger partial charge < -0.3 is 20.0 Å². The molecule has 7 heteroatoms. The predicted octanol–water partition coefficient (Wildman–Crippen LogP) is 8.54. The van der Waals surface area contributed by atoms with Crippen molar-refractivity contribution in [2.45, 2.75) is 142 Å². The maximum absolute atomic E-state index is 11.6. The zero-order valence-corrected chi connectivity index (χ0v) is 31.9. The number of aryl methyl sites for hydroxylation is 1. The molecule has 2 N–H and O–H groups in total. The number of aromatic hydroxyl groups is 2. The zero-order valence-electron chi connectivity index (χ0n) is 31.9. The van der Waals surface area contributed by atoms with Crippen LogP contribution in [0.4, 0.5) is 0 Å². The molecule has 1 saturated heterocycles. The summed E-state index contributed by atoms with van der Waals surface area (Å²) in [5, 5.41) is 22.9. The van der Waals surface area contributed by atoms with Gasteiger partial charge in [0.1, 0.15) is 11.5 Å². The number of guanidine groups is 1. The van der Waals surface area contributed by atoms with Crippen molar-refractivity contribution >= 4 is 18.4 Å². The summed E-state index contributed by atoms with van der Waals surface area (Å²) in [4.78, 5) is 19.9. The molecule has 2 aromatic rings. The number of benzene rings is 2. The lowest BCUT2D eigenvalue weighted by molar-refractivity contribution is 0.242. The highest BCUT2D eigenvalue weighted by Gasteiger charge is 2.28. The Morgan fingerprint density at radius 2 is 1.29 bits per heavy atom. The molecule has 0 bridgehead atoms. The smallest absolute Gasteiger partial charge is 0.196 e. The second-order valence-corrected chi connectivity index (χ2v) is 17.7. The van der Waals surface area contributed by atoms with Crippen LogP contribution in [-0.2, 0) is 22.7 Å². The molecule has 49 heavy (non-hydrogen) atoms. The average Bonchev–Trinajstić information content (AvgIpc) is 3.03. The van der Waals surface area contributed by atoms with Crippen LogP contribution in [0.25, 0.3) is 0 Å². The first-order valence-electron chi connectivity index (χ1n) is 18.9. The lowest BCUT2D eigenvalue weighted by Gasteiger charge is -2.41. The van der Waals surface area contributed by atoms with Crippen molar-refractivity contribution in [1.29, 1.82) is 0 Å². The first kappa shape index (κ1) is 36.9. The fraction of sp³-hybridized carbons (Fsp3) is 0.643. The molecule has 268 valence electrons. The van der Waals surface area contributed by atoms with E-state index in [0.717, 1.165) is 99.9 Å². The largest absolute Gasteiger partial charge is 0.507 e. The van der Waals surface area contributed by atoms with Gasteiger partial charge in [-0.15, -0.1) is 0 Å². The maximum atomic E-state index is 11.6. The molecular weight excluding hydrogens is 606 g/mol. The molecule has 0 spiro atoms. The minimum atomic E-state index is -0.188. The van der Waals surface area contributed by atoms with E-state index in [9.17, 15) is 10.2 Å². The first-order chi connectivity index (χ1) is 23.0. The van der Waals surface area contributed by atoms with Gasteiger partial charge >= 0.3 is 0 Å². The topological polar surface area (TPSA) is 84.0 Å². The van der Waals surface area contributed by atoms with Gasteiger partial charge in [0.15, 0.2) is 5.96 Å². The van der Waals surface area contributed by atoms with Crippen molar-refractivity contribution in [1.82, 2.24) is 9.80 Å². The monoisotopic (exact) mass is 669 g/mol. The molecule has 2 fully saturated rings. The number of fused-ring (bicyclic) bond motifs is 1. The van der Waals surface area contributed by atoms with Crippen molar-refractivity contribution < 1.29 is 10.2 Å². The molecule has 1 saturated carbocycles. The Morgan fingerprint density at radius 1 is 0.714 bits per heavy atom. The minimum absolute atomic E-state index is 0.0273. The Morgan fingerprint density at radius 3 is 1.88 bits per heavy atom. The molecule has 0 radical (unpaired) electrons. The van der Waals surface area contributed by atoms with Crippen LogP contribution in [-0.4, -0.2) is 83.2 Å². The van der Waals surface area contributed by atoms with Gasteiger partial charge in [-0.2, -0.15) is 0 Å². The molecule has 0 aromatic heterocycles. The molecule has 3 aliphatic rings. The summed E-state index contributed by atoms with van der Waals surface area (Å²) in [6, 6.07) is 8.62.